The smallest absolute Gasteiger partial charge is 0.258 e. The lowest BCUT2D eigenvalue weighted by atomic mass is 10.2. The Morgan fingerprint density at radius 2 is 1.80 bits per heavy atom. The van der Waals surface area contributed by atoms with Crippen LogP contribution in [0.5, 0.6) is 0 Å². The van der Waals surface area contributed by atoms with Crippen LogP contribution < -0.4 is 5.32 Å². The second kappa shape index (κ2) is 6.37. The van der Waals surface area contributed by atoms with Crippen molar-refractivity contribution in [2.75, 3.05) is 5.32 Å². The maximum atomic E-state index is 12.2. The summed E-state index contributed by atoms with van der Waals surface area (Å²) in [6, 6.07) is 18.1. The van der Waals surface area contributed by atoms with Crippen LogP contribution in [0.25, 0.3) is 22.6 Å². The topological polar surface area (TPSA) is 68.0 Å². The zero-order valence-electron chi connectivity index (χ0n) is 12.9. The van der Waals surface area contributed by atoms with E-state index in [4.69, 9.17) is 16.0 Å². The molecule has 0 atom stereocenters. The first-order valence-electron chi connectivity index (χ1n) is 7.58. The van der Waals surface area contributed by atoms with Crippen molar-refractivity contribution in [1.82, 2.24) is 9.97 Å². The highest BCUT2D eigenvalue weighted by Gasteiger charge is 2.12. The first kappa shape index (κ1) is 15.4. The standard InChI is InChI=1S/C19H12ClN3O2/c20-17-14(4-3-11-21-17)18(24)22-13-9-7-12(8-10-13)19-23-15-5-1-2-6-16(15)25-19/h1-11H,(H,22,24). The van der Waals surface area contributed by atoms with Crippen LogP contribution in [-0.4, -0.2) is 15.9 Å². The van der Waals surface area contributed by atoms with Crippen molar-refractivity contribution in [2.45, 2.75) is 0 Å². The van der Waals surface area contributed by atoms with Gasteiger partial charge in [0.2, 0.25) is 5.89 Å². The summed E-state index contributed by atoms with van der Waals surface area (Å²) in [6.45, 7) is 0. The molecule has 0 fully saturated rings. The molecule has 5 nitrogen and oxygen atoms in total. The van der Waals surface area contributed by atoms with Gasteiger partial charge < -0.3 is 9.73 Å². The third-order valence-electron chi connectivity index (χ3n) is 3.69. The number of amides is 1. The van der Waals surface area contributed by atoms with Crippen LogP contribution in [0.1, 0.15) is 10.4 Å². The molecule has 0 aliphatic carbocycles. The molecule has 25 heavy (non-hydrogen) atoms. The Morgan fingerprint density at radius 3 is 2.56 bits per heavy atom. The van der Waals surface area contributed by atoms with E-state index in [1.54, 1.807) is 24.3 Å². The summed E-state index contributed by atoms with van der Waals surface area (Å²) >= 11 is 5.94. The number of benzene rings is 2. The second-order valence-corrected chi connectivity index (χ2v) is 5.72. The molecule has 1 N–H and O–H groups in total. The molecule has 2 heterocycles. The van der Waals surface area contributed by atoms with Crippen molar-refractivity contribution in [3.8, 4) is 11.5 Å². The van der Waals surface area contributed by atoms with Gasteiger partial charge in [-0.05, 0) is 48.5 Å². The molecule has 0 aliphatic heterocycles. The Hall–Kier alpha value is -3.18. The van der Waals surface area contributed by atoms with Crippen molar-refractivity contribution in [3.63, 3.8) is 0 Å². The number of hydrogen-bond donors (Lipinski definition) is 1. The fourth-order valence-corrected chi connectivity index (χ4v) is 2.65. The molecule has 0 aliphatic rings. The molecule has 1 amide bonds. The van der Waals surface area contributed by atoms with Gasteiger partial charge in [-0.1, -0.05) is 23.7 Å². The molecule has 4 aromatic rings. The van der Waals surface area contributed by atoms with Crippen LogP contribution in [0.2, 0.25) is 5.15 Å². The summed E-state index contributed by atoms with van der Waals surface area (Å²) in [4.78, 5) is 20.6. The third-order valence-corrected chi connectivity index (χ3v) is 3.99. The van der Waals surface area contributed by atoms with Crippen LogP contribution in [0.4, 0.5) is 5.69 Å². The predicted octanol–water partition coefficient (Wildman–Crippen LogP) is 4.80. The second-order valence-electron chi connectivity index (χ2n) is 5.36. The Balaban J connectivity index is 1.56. The Kier molecular flexibility index (Phi) is 3.91. The average molecular weight is 350 g/mol. The molecule has 0 saturated heterocycles. The molecule has 6 heteroatoms. The summed E-state index contributed by atoms with van der Waals surface area (Å²) in [5.74, 6) is 0.224. The van der Waals surface area contributed by atoms with Crippen molar-refractivity contribution in [1.29, 1.82) is 0 Å². The summed E-state index contributed by atoms with van der Waals surface area (Å²) in [7, 11) is 0. The number of anilines is 1. The SMILES string of the molecule is O=C(Nc1ccc(-c2nc3ccccc3o2)cc1)c1cccnc1Cl. The minimum absolute atomic E-state index is 0.170. The lowest BCUT2D eigenvalue weighted by molar-refractivity contribution is 0.102. The summed E-state index contributed by atoms with van der Waals surface area (Å²) < 4.78 is 5.74. The molecule has 0 spiro atoms. The maximum Gasteiger partial charge on any atom is 0.258 e. The fraction of sp³-hybridized carbons (Fsp3) is 0. The molecule has 0 unspecified atom stereocenters. The molecular formula is C19H12ClN3O2. The molecule has 2 aromatic heterocycles. The molecule has 122 valence electrons. The predicted molar refractivity (Wildman–Crippen MR) is 96.6 cm³/mol. The molecule has 0 radical (unpaired) electrons. The third kappa shape index (κ3) is 3.09. The number of oxazole rings is 1. The molecule has 4 rings (SSSR count). The number of carbonyl (C=O) groups excluding carboxylic acids is 1. The number of carbonyl (C=O) groups is 1. The van der Waals surface area contributed by atoms with E-state index in [0.29, 0.717) is 17.1 Å². The molecule has 0 saturated carbocycles. The maximum absolute atomic E-state index is 12.2. The minimum Gasteiger partial charge on any atom is -0.436 e. The Labute approximate surface area is 148 Å². The van der Waals surface area contributed by atoms with Gasteiger partial charge in [0.25, 0.3) is 5.91 Å². The summed E-state index contributed by atoms with van der Waals surface area (Å²) in [5, 5.41) is 2.96. The van der Waals surface area contributed by atoms with E-state index in [1.165, 1.54) is 6.20 Å². The lowest BCUT2D eigenvalue weighted by Crippen LogP contribution is -2.12. The van der Waals surface area contributed by atoms with Gasteiger partial charge in [0, 0.05) is 17.4 Å². The van der Waals surface area contributed by atoms with Gasteiger partial charge in [-0.25, -0.2) is 9.97 Å². The van der Waals surface area contributed by atoms with Gasteiger partial charge in [0.15, 0.2) is 5.58 Å². The van der Waals surface area contributed by atoms with Crippen molar-refractivity contribution in [3.05, 3.63) is 77.6 Å². The number of aromatic nitrogens is 2. The van der Waals surface area contributed by atoms with Gasteiger partial charge in [-0.15, -0.1) is 0 Å². The number of rotatable bonds is 3. The van der Waals surface area contributed by atoms with Crippen LogP contribution in [0.3, 0.4) is 0 Å². The highest BCUT2D eigenvalue weighted by atomic mass is 35.5. The summed E-state index contributed by atoms with van der Waals surface area (Å²) in [5.41, 5.74) is 3.34. The Morgan fingerprint density at radius 1 is 1.00 bits per heavy atom. The molecule has 2 aromatic carbocycles. The van der Waals surface area contributed by atoms with E-state index < -0.39 is 0 Å². The van der Waals surface area contributed by atoms with Gasteiger partial charge in [-0.3, -0.25) is 4.79 Å². The molecule has 0 bridgehead atoms. The van der Waals surface area contributed by atoms with Crippen LogP contribution >= 0.6 is 11.6 Å². The van der Waals surface area contributed by atoms with Gasteiger partial charge in [0.1, 0.15) is 10.7 Å². The van der Waals surface area contributed by atoms with E-state index in [-0.39, 0.29) is 11.1 Å². The lowest BCUT2D eigenvalue weighted by Gasteiger charge is -2.06. The van der Waals surface area contributed by atoms with Crippen LogP contribution in [0, 0.1) is 0 Å². The van der Waals surface area contributed by atoms with Crippen molar-refractivity contribution in [2.24, 2.45) is 0 Å². The number of nitrogens with zero attached hydrogens (tertiary/aromatic N) is 2. The normalized spacial score (nSPS) is 10.8. The number of hydrogen-bond acceptors (Lipinski definition) is 4. The first-order valence-corrected chi connectivity index (χ1v) is 7.96. The van der Waals surface area contributed by atoms with Gasteiger partial charge in [0.05, 0.1) is 5.56 Å². The summed E-state index contributed by atoms with van der Waals surface area (Å²) in [6.07, 6.45) is 1.54. The van der Waals surface area contributed by atoms with Crippen molar-refractivity contribution >= 4 is 34.3 Å². The number of nitrogens with one attached hydrogen (secondary N) is 1. The molecular weight excluding hydrogens is 338 g/mol. The Bertz CT molecular complexity index is 1020. The van der Waals surface area contributed by atoms with E-state index in [9.17, 15) is 4.79 Å². The van der Waals surface area contributed by atoms with E-state index >= 15 is 0 Å². The number of pyridine rings is 1. The highest BCUT2D eigenvalue weighted by Crippen LogP contribution is 2.25. The van der Waals surface area contributed by atoms with E-state index in [1.807, 2.05) is 36.4 Å². The quantitative estimate of drug-likeness (QED) is 0.540. The number of para-hydroxylation sites is 2. The average Bonchev–Trinajstić information content (AvgIpc) is 3.07. The van der Waals surface area contributed by atoms with Gasteiger partial charge in [-0.2, -0.15) is 0 Å². The zero-order valence-corrected chi connectivity index (χ0v) is 13.7. The fourth-order valence-electron chi connectivity index (χ4n) is 2.45. The number of fused-ring (bicyclic) bond motifs is 1. The van der Waals surface area contributed by atoms with Crippen LogP contribution in [0.15, 0.2) is 71.3 Å². The number of halogens is 1. The minimum atomic E-state index is -0.312. The first-order chi connectivity index (χ1) is 12.2. The monoisotopic (exact) mass is 349 g/mol. The largest absolute Gasteiger partial charge is 0.436 e. The van der Waals surface area contributed by atoms with Crippen molar-refractivity contribution < 1.29 is 9.21 Å². The van der Waals surface area contributed by atoms with Crippen LogP contribution in [-0.2, 0) is 0 Å². The van der Waals surface area contributed by atoms with E-state index in [2.05, 4.69) is 15.3 Å². The highest BCUT2D eigenvalue weighted by molar-refractivity contribution is 6.33. The van der Waals surface area contributed by atoms with E-state index in [0.717, 1.165) is 16.7 Å². The zero-order chi connectivity index (χ0) is 17.2. The van der Waals surface area contributed by atoms with Gasteiger partial charge >= 0.3 is 0 Å².